The minimum absolute atomic E-state index is 0.213. The van der Waals surface area contributed by atoms with Gasteiger partial charge in [0.1, 0.15) is 0 Å². The highest BCUT2D eigenvalue weighted by Crippen LogP contribution is 2.17. The lowest BCUT2D eigenvalue weighted by molar-refractivity contribution is 0.0989. The summed E-state index contributed by atoms with van der Waals surface area (Å²) < 4.78 is 0. The monoisotopic (exact) mass is 280 g/mol. The van der Waals surface area contributed by atoms with Crippen molar-refractivity contribution in [1.29, 1.82) is 0 Å². The number of rotatable bonds is 2. The van der Waals surface area contributed by atoms with Crippen LogP contribution in [0.15, 0.2) is 53.6 Å². The molecule has 3 rings (SSSR count). The summed E-state index contributed by atoms with van der Waals surface area (Å²) in [5.74, 6) is -0.298. The van der Waals surface area contributed by atoms with E-state index in [0.717, 1.165) is 0 Å². The molecule has 0 saturated heterocycles. The normalized spacial score (nSPS) is 10.5. The maximum Gasteiger partial charge on any atom is 0.279 e. The molecule has 0 aliphatic heterocycles. The molecule has 6 heteroatoms. The first kappa shape index (κ1) is 13.0. The van der Waals surface area contributed by atoms with E-state index in [-0.39, 0.29) is 17.2 Å². The van der Waals surface area contributed by atoms with Gasteiger partial charge in [0, 0.05) is 30.5 Å². The van der Waals surface area contributed by atoms with E-state index in [2.05, 4.69) is 15.2 Å². The van der Waals surface area contributed by atoms with Crippen molar-refractivity contribution in [3.8, 4) is 0 Å². The lowest BCUT2D eigenvalue weighted by Crippen LogP contribution is -2.28. The minimum atomic E-state index is -0.311. The van der Waals surface area contributed by atoms with Gasteiger partial charge in [0.05, 0.1) is 5.39 Å². The van der Waals surface area contributed by atoms with E-state index in [0.29, 0.717) is 16.5 Å². The van der Waals surface area contributed by atoms with Crippen molar-refractivity contribution in [3.05, 3.63) is 64.8 Å². The fourth-order valence-corrected chi connectivity index (χ4v) is 2.12. The molecular weight excluding hydrogens is 268 g/mol. The number of H-pyrrole nitrogens is 1. The molecule has 1 aromatic carbocycles. The summed E-state index contributed by atoms with van der Waals surface area (Å²) in [5.41, 5.74) is 0.602. The largest absolute Gasteiger partial charge is 0.310 e. The van der Waals surface area contributed by atoms with E-state index in [1.807, 2.05) is 0 Å². The molecule has 0 bridgehead atoms. The highest BCUT2D eigenvalue weighted by Gasteiger charge is 2.18. The Morgan fingerprint density at radius 1 is 1.10 bits per heavy atom. The standard InChI is InChI=1S/C15H12N4O2/c1-19(10-6-8-16-9-7-10)15(21)13-11-4-2-3-5-12(11)14(20)18-17-13/h2-9H,1H3,(H,18,20). The van der Waals surface area contributed by atoms with Crippen LogP contribution in [0.4, 0.5) is 5.69 Å². The summed E-state index contributed by atoms with van der Waals surface area (Å²) in [6, 6.07) is 10.4. The Kier molecular flexibility index (Phi) is 3.19. The van der Waals surface area contributed by atoms with Gasteiger partial charge >= 0.3 is 0 Å². The number of benzene rings is 1. The Balaban J connectivity index is 2.11. The number of fused-ring (bicyclic) bond motifs is 1. The van der Waals surface area contributed by atoms with Crippen molar-refractivity contribution in [1.82, 2.24) is 15.2 Å². The van der Waals surface area contributed by atoms with Gasteiger partial charge in [-0.25, -0.2) is 5.10 Å². The van der Waals surface area contributed by atoms with Crippen LogP contribution < -0.4 is 10.5 Å². The number of pyridine rings is 1. The molecule has 0 saturated carbocycles. The van der Waals surface area contributed by atoms with Crippen LogP contribution >= 0.6 is 0 Å². The van der Waals surface area contributed by atoms with E-state index in [4.69, 9.17) is 0 Å². The van der Waals surface area contributed by atoms with Crippen LogP contribution in [0, 0.1) is 0 Å². The molecule has 2 aromatic heterocycles. The van der Waals surface area contributed by atoms with Crippen LogP contribution in [0.5, 0.6) is 0 Å². The molecule has 21 heavy (non-hydrogen) atoms. The highest BCUT2D eigenvalue weighted by atomic mass is 16.2. The summed E-state index contributed by atoms with van der Waals surface area (Å²) in [6.07, 6.45) is 3.22. The Bertz CT molecular complexity index is 858. The summed E-state index contributed by atoms with van der Waals surface area (Å²) >= 11 is 0. The minimum Gasteiger partial charge on any atom is -0.310 e. The second-order valence-electron chi connectivity index (χ2n) is 4.52. The molecule has 0 aliphatic carbocycles. The van der Waals surface area contributed by atoms with Gasteiger partial charge in [-0.05, 0) is 18.2 Å². The van der Waals surface area contributed by atoms with Gasteiger partial charge in [0.25, 0.3) is 11.5 Å². The number of aromatic amines is 1. The number of hydrogen-bond donors (Lipinski definition) is 1. The number of amides is 1. The molecule has 0 aliphatic rings. The number of nitrogens with zero attached hydrogens (tertiary/aromatic N) is 3. The molecule has 0 radical (unpaired) electrons. The maximum absolute atomic E-state index is 12.6. The molecule has 6 nitrogen and oxygen atoms in total. The summed E-state index contributed by atoms with van der Waals surface area (Å²) in [5, 5.41) is 7.25. The van der Waals surface area contributed by atoms with Crippen LogP contribution in [0.2, 0.25) is 0 Å². The first-order chi connectivity index (χ1) is 10.2. The van der Waals surface area contributed by atoms with E-state index in [1.54, 1.807) is 55.8 Å². The third-order valence-corrected chi connectivity index (χ3v) is 3.25. The van der Waals surface area contributed by atoms with E-state index < -0.39 is 0 Å². The molecule has 0 fully saturated rings. The second-order valence-corrected chi connectivity index (χ2v) is 4.52. The number of hydrogen-bond acceptors (Lipinski definition) is 4. The van der Waals surface area contributed by atoms with Gasteiger partial charge < -0.3 is 4.90 Å². The zero-order valence-corrected chi connectivity index (χ0v) is 11.3. The molecule has 3 aromatic rings. The van der Waals surface area contributed by atoms with E-state index >= 15 is 0 Å². The zero-order chi connectivity index (χ0) is 14.8. The van der Waals surface area contributed by atoms with Gasteiger partial charge in [0.2, 0.25) is 0 Å². The van der Waals surface area contributed by atoms with Crippen molar-refractivity contribution in [2.45, 2.75) is 0 Å². The number of carbonyl (C=O) groups excluding carboxylic acids is 1. The first-order valence-electron chi connectivity index (χ1n) is 6.34. The maximum atomic E-state index is 12.6. The summed E-state index contributed by atoms with van der Waals surface area (Å²) in [7, 11) is 1.65. The average molecular weight is 280 g/mol. The zero-order valence-electron chi connectivity index (χ0n) is 11.3. The number of carbonyl (C=O) groups is 1. The van der Waals surface area contributed by atoms with Crippen molar-refractivity contribution in [2.24, 2.45) is 0 Å². The number of aromatic nitrogens is 3. The molecule has 1 amide bonds. The van der Waals surface area contributed by atoms with Crippen molar-refractivity contribution in [2.75, 3.05) is 11.9 Å². The molecule has 104 valence electrons. The van der Waals surface area contributed by atoms with Crippen molar-refractivity contribution < 1.29 is 4.79 Å². The predicted molar refractivity (Wildman–Crippen MR) is 79.3 cm³/mol. The Hall–Kier alpha value is -3.02. The fraction of sp³-hybridized carbons (Fsp3) is 0.0667. The average Bonchev–Trinajstić information content (AvgIpc) is 2.55. The Morgan fingerprint density at radius 3 is 2.48 bits per heavy atom. The summed E-state index contributed by atoms with van der Waals surface area (Å²) in [4.78, 5) is 29.7. The van der Waals surface area contributed by atoms with Gasteiger partial charge in [-0.3, -0.25) is 14.6 Å². The topological polar surface area (TPSA) is 79.0 Å². The van der Waals surface area contributed by atoms with Crippen molar-refractivity contribution in [3.63, 3.8) is 0 Å². The Morgan fingerprint density at radius 2 is 1.76 bits per heavy atom. The fourth-order valence-electron chi connectivity index (χ4n) is 2.12. The highest BCUT2D eigenvalue weighted by molar-refractivity contribution is 6.11. The number of anilines is 1. The van der Waals surface area contributed by atoms with Gasteiger partial charge in [-0.15, -0.1) is 0 Å². The third-order valence-electron chi connectivity index (χ3n) is 3.25. The van der Waals surface area contributed by atoms with Gasteiger partial charge in [-0.1, -0.05) is 18.2 Å². The molecule has 1 N–H and O–H groups in total. The molecule has 0 spiro atoms. The van der Waals surface area contributed by atoms with Crippen molar-refractivity contribution >= 4 is 22.4 Å². The molecular formula is C15H12N4O2. The first-order valence-corrected chi connectivity index (χ1v) is 6.34. The second kappa shape index (κ2) is 5.16. The third kappa shape index (κ3) is 2.27. The van der Waals surface area contributed by atoms with Crippen LogP contribution in [0.1, 0.15) is 10.5 Å². The van der Waals surface area contributed by atoms with E-state index in [9.17, 15) is 9.59 Å². The van der Waals surface area contributed by atoms with Crippen LogP contribution in [-0.4, -0.2) is 28.1 Å². The Labute approximate surface area is 120 Å². The van der Waals surface area contributed by atoms with Gasteiger partial charge in [0.15, 0.2) is 5.69 Å². The molecule has 0 atom stereocenters. The van der Waals surface area contributed by atoms with Crippen LogP contribution in [0.3, 0.4) is 0 Å². The number of nitrogens with one attached hydrogen (secondary N) is 1. The lowest BCUT2D eigenvalue weighted by atomic mass is 10.1. The summed E-state index contributed by atoms with van der Waals surface area (Å²) in [6.45, 7) is 0. The van der Waals surface area contributed by atoms with Gasteiger partial charge in [-0.2, -0.15) is 5.10 Å². The smallest absolute Gasteiger partial charge is 0.279 e. The SMILES string of the molecule is CN(C(=O)c1n[nH]c(=O)c2ccccc12)c1ccncc1. The van der Waals surface area contributed by atoms with E-state index in [1.165, 1.54) is 4.90 Å². The van der Waals surface area contributed by atoms with Crippen LogP contribution in [-0.2, 0) is 0 Å². The van der Waals surface area contributed by atoms with Crippen LogP contribution in [0.25, 0.3) is 10.8 Å². The lowest BCUT2D eigenvalue weighted by Gasteiger charge is -2.17. The predicted octanol–water partition coefficient (Wildman–Crippen LogP) is 1.59. The molecule has 0 unspecified atom stereocenters. The quantitative estimate of drug-likeness (QED) is 0.773. The molecule has 2 heterocycles.